The molecule has 2 heterocycles. The van der Waals surface area contributed by atoms with Crippen LogP contribution in [0.2, 0.25) is 0 Å². The number of hydrogen-bond donors (Lipinski definition) is 1. The summed E-state index contributed by atoms with van der Waals surface area (Å²) < 4.78 is 29.6. The van der Waals surface area contributed by atoms with E-state index in [1.165, 1.54) is 17.5 Å². The van der Waals surface area contributed by atoms with E-state index in [9.17, 15) is 13.2 Å². The summed E-state index contributed by atoms with van der Waals surface area (Å²) in [7, 11) is -3.50. The Labute approximate surface area is 178 Å². The molecule has 30 heavy (non-hydrogen) atoms. The summed E-state index contributed by atoms with van der Waals surface area (Å²) in [5.41, 5.74) is 2.45. The number of fused-ring (bicyclic) bond motifs is 1. The second kappa shape index (κ2) is 9.31. The van der Waals surface area contributed by atoms with Crippen LogP contribution >= 0.6 is 0 Å². The molecule has 8 heteroatoms. The first-order valence-corrected chi connectivity index (χ1v) is 12.3. The van der Waals surface area contributed by atoms with E-state index < -0.39 is 10.0 Å². The van der Waals surface area contributed by atoms with Gasteiger partial charge in [-0.2, -0.15) is 9.40 Å². The highest BCUT2D eigenvalue weighted by molar-refractivity contribution is 7.89. The Hall–Kier alpha value is -2.19. The van der Waals surface area contributed by atoms with Gasteiger partial charge in [-0.15, -0.1) is 0 Å². The molecule has 1 aromatic carbocycles. The quantitative estimate of drug-likeness (QED) is 0.684. The summed E-state index contributed by atoms with van der Waals surface area (Å²) in [6.07, 6.45) is 9.89. The topological polar surface area (TPSA) is 84.3 Å². The first-order valence-electron chi connectivity index (χ1n) is 10.9. The lowest BCUT2D eigenvalue weighted by molar-refractivity contribution is -0.126. The summed E-state index contributed by atoms with van der Waals surface area (Å²) in [6, 6.07) is 7.47. The van der Waals surface area contributed by atoms with Crippen molar-refractivity contribution in [2.75, 3.05) is 19.6 Å². The molecule has 1 aromatic heterocycles. The number of sulfonamides is 1. The lowest BCUT2D eigenvalue weighted by atomic mass is 9.92. The minimum absolute atomic E-state index is 0.0290. The fourth-order valence-corrected chi connectivity index (χ4v) is 5.93. The van der Waals surface area contributed by atoms with Crippen LogP contribution in [0.4, 0.5) is 0 Å². The van der Waals surface area contributed by atoms with Gasteiger partial charge in [0.15, 0.2) is 0 Å². The van der Waals surface area contributed by atoms with Crippen molar-refractivity contribution >= 4 is 15.9 Å². The van der Waals surface area contributed by atoms with E-state index in [1.807, 2.05) is 29.1 Å². The number of rotatable bonds is 7. The van der Waals surface area contributed by atoms with E-state index in [0.717, 1.165) is 32.2 Å². The molecule has 1 fully saturated rings. The maximum Gasteiger partial charge on any atom is 0.243 e. The second-order valence-electron chi connectivity index (χ2n) is 8.23. The number of benzene rings is 1. The fourth-order valence-electron chi connectivity index (χ4n) is 4.41. The smallest absolute Gasteiger partial charge is 0.243 e. The Morgan fingerprint density at radius 3 is 2.63 bits per heavy atom. The number of aromatic nitrogens is 2. The van der Waals surface area contributed by atoms with Gasteiger partial charge < -0.3 is 5.32 Å². The first-order chi connectivity index (χ1) is 14.5. The number of aryl methyl sites for hydroxylation is 3. The zero-order chi connectivity index (χ0) is 21.0. The number of nitrogens with one attached hydrogen (secondary N) is 1. The number of nitrogens with zero attached hydrogens (tertiary/aromatic N) is 3. The van der Waals surface area contributed by atoms with Gasteiger partial charge in [-0.05, 0) is 74.3 Å². The Morgan fingerprint density at radius 2 is 1.90 bits per heavy atom. The van der Waals surface area contributed by atoms with E-state index in [0.29, 0.717) is 37.4 Å². The van der Waals surface area contributed by atoms with Crippen LogP contribution in [0.5, 0.6) is 0 Å². The van der Waals surface area contributed by atoms with Crippen molar-refractivity contribution < 1.29 is 13.2 Å². The molecular weight excluding hydrogens is 400 g/mol. The largest absolute Gasteiger partial charge is 0.356 e. The molecule has 0 atom stereocenters. The average Bonchev–Trinajstić information content (AvgIpc) is 3.30. The molecule has 0 radical (unpaired) electrons. The molecule has 4 rings (SSSR count). The molecule has 1 aliphatic heterocycles. The van der Waals surface area contributed by atoms with E-state index in [-0.39, 0.29) is 11.8 Å². The van der Waals surface area contributed by atoms with Gasteiger partial charge in [0.05, 0.1) is 4.90 Å². The fraction of sp³-hybridized carbons (Fsp3) is 0.545. The molecular formula is C22H30N4O3S. The van der Waals surface area contributed by atoms with Crippen molar-refractivity contribution in [3.63, 3.8) is 0 Å². The number of amides is 1. The SMILES string of the molecule is O=C(NCCCn1cccn1)C1CCN(S(=O)(=O)c2ccc3c(c2)CCCC3)CC1. The zero-order valence-electron chi connectivity index (χ0n) is 17.3. The molecule has 7 nitrogen and oxygen atoms in total. The Bertz CT molecular complexity index is 964. The van der Waals surface area contributed by atoms with Crippen LogP contribution in [0, 0.1) is 5.92 Å². The van der Waals surface area contributed by atoms with E-state index in [1.54, 1.807) is 16.6 Å². The molecule has 1 N–H and O–H groups in total. The Morgan fingerprint density at radius 1 is 1.13 bits per heavy atom. The van der Waals surface area contributed by atoms with Gasteiger partial charge >= 0.3 is 0 Å². The van der Waals surface area contributed by atoms with Gasteiger partial charge in [-0.1, -0.05) is 6.07 Å². The third-order valence-electron chi connectivity index (χ3n) is 6.20. The zero-order valence-corrected chi connectivity index (χ0v) is 18.1. The maximum atomic E-state index is 13.1. The minimum Gasteiger partial charge on any atom is -0.356 e. The summed E-state index contributed by atoms with van der Waals surface area (Å²) in [5.74, 6) is -0.0917. The predicted molar refractivity (Wildman–Crippen MR) is 114 cm³/mol. The van der Waals surface area contributed by atoms with Crippen LogP contribution in [0.25, 0.3) is 0 Å². The summed E-state index contributed by atoms with van der Waals surface area (Å²) in [4.78, 5) is 12.8. The van der Waals surface area contributed by atoms with Crippen LogP contribution in [0.1, 0.15) is 43.2 Å². The molecule has 0 bridgehead atoms. The minimum atomic E-state index is -3.50. The predicted octanol–water partition coefficient (Wildman–Crippen LogP) is 2.37. The molecule has 0 saturated carbocycles. The van der Waals surface area contributed by atoms with Crippen LogP contribution in [0.3, 0.4) is 0 Å². The molecule has 2 aromatic rings. The summed E-state index contributed by atoms with van der Waals surface area (Å²) >= 11 is 0. The van der Waals surface area contributed by atoms with Gasteiger partial charge in [0.25, 0.3) is 0 Å². The molecule has 1 saturated heterocycles. The van der Waals surface area contributed by atoms with Crippen molar-refractivity contribution in [1.82, 2.24) is 19.4 Å². The van der Waals surface area contributed by atoms with Crippen LogP contribution in [-0.4, -0.2) is 48.0 Å². The van der Waals surface area contributed by atoms with Gasteiger partial charge in [-0.25, -0.2) is 8.42 Å². The Balaban J connectivity index is 1.27. The monoisotopic (exact) mass is 430 g/mol. The van der Waals surface area contributed by atoms with Gasteiger partial charge in [0.2, 0.25) is 15.9 Å². The van der Waals surface area contributed by atoms with Crippen molar-refractivity contribution in [1.29, 1.82) is 0 Å². The lowest BCUT2D eigenvalue weighted by Gasteiger charge is -2.31. The van der Waals surface area contributed by atoms with E-state index in [2.05, 4.69) is 10.4 Å². The van der Waals surface area contributed by atoms with Crippen molar-refractivity contribution in [3.05, 3.63) is 47.8 Å². The highest BCUT2D eigenvalue weighted by atomic mass is 32.2. The maximum absolute atomic E-state index is 13.1. The van der Waals surface area contributed by atoms with Crippen molar-refractivity contribution in [3.8, 4) is 0 Å². The summed E-state index contributed by atoms with van der Waals surface area (Å²) in [6.45, 7) is 2.16. The highest BCUT2D eigenvalue weighted by Crippen LogP contribution is 2.28. The molecule has 0 spiro atoms. The summed E-state index contributed by atoms with van der Waals surface area (Å²) in [5, 5.41) is 7.13. The number of piperidine rings is 1. The number of hydrogen-bond acceptors (Lipinski definition) is 4. The standard InChI is InChI=1S/C22H30N4O3S/c27-22(23-11-3-13-25-14-4-12-24-25)19-9-15-26(16-10-19)30(28,29)21-8-7-18-5-1-2-6-20(18)17-21/h4,7-8,12,14,17,19H,1-3,5-6,9-11,13,15-16H2,(H,23,27). The van der Waals surface area contributed by atoms with Gasteiger partial charge in [0, 0.05) is 44.5 Å². The van der Waals surface area contributed by atoms with Crippen molar-refractivity contribution in [2.24, 2.45) is 5.92 Å². The Kier molecular flexibility index (Phi) is 6.53. The average molecular weight is 431 g/mol. The number of carbonyl (C=O) groups excluding carboxylic acids is 1. The third-order valence-corrected chi connectivity index (χ3v) is 8.10. The van der Waals surface area contributed by atoms with Crippen molar-refractivity contribution in [2.45, 2.75) is 56.4 Å². The second-order valence-corrected chi connectivity index (χ2v) is 10.2. The van der Waals surface area contributed by atoms with Gasteiger partial charge in [-0.3, -0.25) is 9.48 Å². The molecule has 162 valence electrons. The van der Waals surface area contributed by atoms with Crippen LogP contribution in [0.15, 0.2) is 41.6 Å². The van der Waals surface area contributed by atoms with E-state index in [4.69, 9.17) is 0 Å². The third kappa shape index (κ3) is 4.75. The molecule has 1 amide bonds. The van der Waals surface area contributed by atoms with Crippen LogP contribution < -0.4 is 5.32 Å². The molecule has 0 unspecified atom stereocenters. The highest BCUT2D eigenvalue weighted by Gasteiger charge is 2.32. The first kappa shape index (κ1) is 21.1. The van der Waals surface area contributed by atoms with Gasteiger partial charge in [0.1, 0.15) is 0 Å². The molecule has 1 aliphatic carbocycles. The van der Waals surface area contributed by atoms with E-state index >= 15 is 0 Å². The van der Waals surface area contributed by atoms with Crippen LogP contribution in [-0.2, 0) is 34.2 Å². The normalized spacial score (nSPS) is 18.1. The molecule has 2 aliphatic rings. The number of carbonyl (C=O) groups is 1. The lowest BCUT2D eigenvalue weighted by Crippen LogP contribution is -2.43.